The molecule has 0 aromatic heterocycles. The second kappa shape index (κ2) is 13.7. The predicted molar refractivity (Wildman–Crippen MR) is 158 cm³/mol. The van der Waals surface area contributed by atoms with Gasteiger partial charge < -0.3 is 29.4 Å². The van der Waals surface area contributed by atoms with E-state index < -0.39 is 11.6 Å². The number of methoxy groups -OCH3 is 2. The van der Waals surface area contributed by atoms with Gasteiger partial charge in [0, 0.05) is 36.0 Å². The van der Waals surface area contributed by atoms with Gasteiger partial charge in [-0.3, -0.25) is 4.79 Å². The highest BCUT2D eigenvalue weighted by molar-refractivity contribution is 9.10. The molecule has 3 aromatic rings. The largest absolute Gasteiger partial charge is 0.494 e. The standard InChI is InChI=1S/C31H35BrN2O6/c1-21-31(20-23-5-10-25(32)11-6-23,30(36)33-16-15-22-7-14-27(37-2)28(19-22)38-3)34-29(40-21)24-8-12-26(13-9-24)39-18-4-17-35/h5-14,19,21,35H,4,15-18,20H2,1-3H3,(H,33,36)/t21-,31-/m1/s1. The van der Waals surface area contributed by atoms with Crippen molar-refractivity contribution in [2.75, 3.05) is 34.0 Å². The molecule has 1 aliphatic heterocycles. The van der Waals surface area contributed by atoms with E-state index in [1.807, 2.05) is 73.7 Å². The molecule has 0 radical (unpaired) electrons. The number of aliphatic hydroxyl groups is 1. The second-order valence-corrected chi connectivity index (χ2v) is 10.5. The number of nitrogens with zero attached hydrogens (tertiary/aromatic N) is 1. The Morgan fingerprint density at radius 1 is 1.02 bits per heavy atom. The molecule has 0 saturated heterocycles. The Balaban J connectivity index is 1.54. The van der Waals surface area contributed by atoms with Gasteiger partial charge in [-0.2, -0.15) is 0 Å². The minimum atomic E-state index is -1.14. The average molecular weight is 612 g/mol. The van der Waals surface area contributed by atoms with Gasteiger partial charge in [-0.1, -0.05) is 34.1 Å². The van der Waals surface area contributed by atoms with Crippen molar-refractivity contribution >= 4 is 27.7 Å². The molecule has 8 nitrogen and oxygen atoms in total. The number of aliphatic hydroxyl groups excluding tert-OH is 1. The first-order chi connectivity index (χ1) is 19.4. The Kier molecular flexibility index (Phi) is 10.1. The first kappa shape index (κ1) is 29.4. The number of amides is 1. The average Bonchev–Trinajstić information content (AvgIpc) is 3.31. The number of carbonyl (C=O) groups excluding carboxylic acids is 1. The fraction of sp³-hybridized carbons (Fsp3) is 0.355. The van der Waals surface area contributed by atoms with Crippen LogP contribution in [-0.4, -0.2) is 62.5 Å². The number of benzene rings is 3. The molecule has 0 spiro atoms. The van der Waals surface area contributed by atoms with Crippen LogP contribution in [0.15, 0.2) is 76.2 Å². The number of hydrogen-bond acceptors (Lipinski definition) is 7. The number of nitrogens with one attached hydrogen (secondary N) is 1. The number of carbonyl (C=O) groups is 1. The summed E-state index contributed by atoms with van der Waals surface area (Å²) in [7, 11) is 3.20. The zero-order valence-electron chi connectivity index (χ0n) is 23.0. The highest BCUT2D eigenvalue weighted by atomic mass is 79.9. The van der Waals surface area contributed by atoms with Crippen molar-refractivity contribution in [2.24, 2.45) is 4.99 Å². The van der Waals surface area contributed by atoms with Crippen LogP contribution >= 0.6 is 15.9 Å². The third-order valence-electron chi connectivity index (χ3n) is 6.86. The van der Waals surface area contributed by atoms with E-state index in [-0.39, 0.29) is 12.5 Å². The Bertz CT molecular complexity index is 1310. The van der Waals surface area contributed by atoms with Gasteiger partial charge in [0.05, 0.1) is 20.8 Å². The van der Waals surface area contributed by atoms with Gasteiger partial charge in [-0.05, 0) is 73.0 Å². The Morgan fingerprint density at radius 3 is 2.40 bits per heavy atom. The fourth-order valence-corrected chi connectivity index (χ4v) is 4.83. The lowest BCUT2D eigenvalue weighted by atomic mass is 9.86. The van der Waals surface area contributed by atoms with E-state index in [0.29, 0.717) is 55.6 Å². The maximum Gasteiger partial charge on any atom is 0.252 e. The maximum atomic E-state index is 13.8. The third kappa shape index (κ3) is 6.95. The van der Waals surface area contributed by atoms with Crippen molar-refractivity contribution in [1.82, 2.24) is 5.32 Å². The monoisotopic (exact) mass is 610 g/mol. The molecule has 4 rings (SSSR count). The first-order valence-corrected chi connectivity index (χ1v) is 14.0. The number of halogens is 1. The predicted octanol–water partition coefficient (Wildman–Crippen LogP) is 4.73. The van der Waals surface area contributed by atoms with E-state index in [0.717, 1.165) is 21.2 Å². The van der Waals surface area contributed by atoms with Crippen molar-refractivity contribution in [1.29, 1.82) is 0 Å². The van der Waals surface area contributed by atoms with E-state index >= 15 is 0 Å². The molecule has 1 heterocycles. The highest BCUT2D eigenvalue weighted by Crippen LogP contribution is 2.33. The van der Waals surface area contributed by atoms with Crippen molar-refractivity contribution in [3.05, 3.63) is 87.9 Å². The number of aliphatic imine (C=N–C) groups is 1. The second-order valence-electron chi connectivity index (χ2n) is 9.55. The van der Waals surface area contributed by atoms with Crippen LogP contribution in [0.2, 0.25) is 0 Å². The van der Waals surface area contributed by atoms with Gasteiger partial charge in [-0.15, -0.1) is 0 Å². The molecule has 9 heteroatoms. The van der Waals surface area contributed by atoms with Crippen LogP contribution in [-0.2, 0) is 22.4 Å². The summed E-state index contributed by atoms with van der Waals surface area (Å²) in [5.41, 5.74) is 1.61. The van der Waals surface area contributed by atoms with E-state index in [2.05, 4.69) is 21.2 Å². The molecule has 3 aromatic carbocycles. The molecule has 0 aliphatic carbocycles. The Morgan fingerprint density at radius 2 is 1.73 bits per heavy atom. The summed E-state index contributed by atoms with van der Waals surface area (Å²) in [6.45, 7) is 2.82. The zero-order valence-corrected chi connectivity index (χ0v) is 24.6. The minimum Gasteiger partial charge on any atom is -0.494 e. The Labute approximate surface area is 243 Å². The molecular weight excluding hydrogens is 576 g/mol. The summed E-state index contributed by atoms with van der Waals surface area (Å²) in [4.78, 5) is 18.8. The van der Waals surface area contributed by atoms with Crippen molar-refractivity contribution in [3.8, 4) is 17.2 Å². The summed E-state index contributed by atoms with van der Waals surface area (Å²) >= 11 is 3.48. The van der Waals surface area contributed by atoms with Gasteiger partial charge in [0.25, 0.3) is 5.91 Å². The zero-order chi connectivity index (χ0) is 28.5. The van der Waals surface area contributed by atoms with E-state index in [1.54, 1.807) is 14.2 Å². The molecular formula is C31H35BrN2O6. The van der Waals surface area contributed by atoms with Crippen molar-refractivity contribution in [3.63, 3.8) is 0 Å². The Hall–Kier alpha value is -3.56. The number of rotatable bonds is 13. The lowest BCUT2D eigenvalue weighted by molar-refractivity contribution is -0.128. The lowest BCUT2D eigenvalue weighted by Gasteiger charge is -2.28. The molecule has 2 N–H and O–H groups in total. The lowest BCUT2D eigenvalue weighted by Crippen LogP contribution is -2.52. The van der Waals surface area contributed by atoms with Crippen LogP contribution in [0.25, 0.3) is 0 Å². The van der Waals surface area contributed by atoms with Gasteiger partial charge in [0.15, 0.2) is 17.0 Å². The molecule has 0 bridgehead atoms. The smallest absolute Gasteiger partial charge is 0.252 e. The summed E-state index contributed by atoms with van der Waals surface area (Å²) in [5, 5.41) is 12.1. The summed E-state index contributed by atoms with van der Waals surface area (Å²) in [6.07, 6.45) is 1.07. The van der Waals surface area contributed by atoms with Gasteiger partial charge in [0.2, 0.25) is 5.90 Å². The summed E-state index contributed by atoms with van der Waals surface area (Å²) in [5.74, 6) is 2.23. The van der Waals surface area contributed by atoms with Gasteiger partial charge in [0.1, 0.15) is 11.9 Å². The topological polar surface area (TPSA) is 98.6 Å². The number of ether oxygens (including phenoxy) is 4. The normalized spacial score (nSPS) is 18.0. The molecule has 0 unspecified atom stereocenters. The first-order valence-electron chi connectivity index (χ1n) is 13.2. The fourth-order valence-electron chi connectivity index (χ4n) is 4.57. The molecule has 2 atom stereocenters. The van der Waals surface area contributed by atoms with Crippen molar-refractivity contribution < 1.29 is 28.8 Å². The van der Waals surface area contributed by atoms with Gasteiger partial charge >= 0.3 is 0 Å². The number of hydrogen-bond donors (Lipinski definition) is 2. The van der Waals surface area contributed by atoms with Crippen LogP contribution in [0.1, 0.15) is 30.0 Å². The highest BCUT2D eigenvalue weighted by Gasteiger charge is 2.50. The maximum absolute atomic E-state index is 13.8. The van der Waals surface area contributed by atoms with E-state index in [9.17, 15) is 4.79 Å². The quantitative estimate of drug-likeness (QED) is 0.271. The molecule has 1 amide bonds. The summed E-state index contributed by atoms with van der Waals surface area (Å²) < 4.78 is 23.5. The van der Waals surface area contributed by atoms with Crippen LogP contribution in [0.4, 0.5) is 0 Å². The molecule has 1 aliphatic rings. The van der Waals surface area contributed by atoms with E-state index in [1.165, 1.54) is 0 Å². The molecule has 40 heavy (non-hydrogen) atoms. The van der Waals surface area contributed by atoms with Crippen LogP contribution < -0.4 is 19.5 Å². The van der Waals surface area contributed by atoms with Crippen molar-refractivity contribution in [2.45, 2.75) is 37.8 Å². The van der Waals surface area contributed by atoms with Crippen LogP contribution in [0.5, 0.6) is 17.2 Å². The molecule has 212 valence electrons. The summed E-state index contributed by atoms with van der Waals surface area (Å²) in [6, 6.07) is 21.0. The van der Waals surface area contributed by atoms with Crippen LogP contribution in [0.3, 0.4) is 0 Å². The van der Waals surface area contributed by atoms with E-state index in [4.69, 9.17) is 29.0 Å². The third-order valence-corrected chi connectivity index (χ3v) is 7.39. The van der Waals surface area contributed by atoms with Crippen LogP contribution in [0, 0.1) is 0 Å². The van der Waals surface area contributed by atoms with Gasteiger partial charge in [-0.25, -0.2) is 4.99 Å². The SMILES string of the molecule is COc1ccc(CCNC(=O)[C@]2(Cc3ccc(Br)cc3)N=C(c3ccc(OCCCO)cc3)O[C@@H]2C)cc1OC. The minimum absolute atomic E-state index is 0.0808. The molecule has 0 saturated carbocycles. The molecule has 0 fully saturated rings.